The number of hydrogen-bond acceptors (Lipinski definition) is 2. The van der Waals surface area contributed by atoms with Crippen molar-refractivity contribution in [3.8, 4) is 0 Å². The van der Waals surface area contributed by atoms with Crippen molar-refractivity contribution in [1.82, 2.24) is 0 Å². The van der Waals surface area contributed by atoms with E-state index < -0.39 is 0 Å². The van der Waals surface area contributed by atoms with Gasteiger partial charge in [0.25, 0.3) is 0 Å². The van der Waals surface area contributed by atoms with Crippen molar-refractivity contribution >= 4 is 11.6 Å². The number of carbonyl (C=O) groups is 2. The molecule has 2 nitrogen and oxygen atoms in total. The fourth-order valence-corrected chi connectivity index (χ4v) is 1.48. The number of carbonyl (C=O) groups excluding carboxylic acids is 2. The molecule has 0 aliphatic heterocycles. The van der Waals surface area contributed by atoms with Gasteiger partial charge in [-0.15, -0.1) is 0 Å². The SMILES string of the molecule is CCCC(=O)CCC.CCCCCCC(C)=O. The van der Waals surface area contributed by atoms with E-state index in [0.717, 1.165) is 38.5 Å². The molecule has 0 aromatic carbocycles. The Morgan fingerprint density at radius 2 is 1.24 bits per heavy atom. The molecule has 102 valence electrons. The zero-order chi connectivity index (χ0) is 13.5. The first-order valence-corrected chi connectivity index (χ1v) is 7.09. The number of Topliss-reactive ketones (excluding diaryl/α,β-unsaturated/α-hetero) is 2. The van der Waals surface area contributed by atoms with Gasteiger partial charge in [-0.3, -0.25) is 4.79 Å². The summed E-state index contributed by atoms with van der Waals surface area (Å²) in [6, 6.07) is 0. The highest BCUT2D eigenvalue weighted by molar-refractivity contribution is 5.78. The molecule has 0 N–H and O–H groups in total. The number of unbranched alkanes of at least 4 members (excludes halogenated alkanes) is 3. The molecule has 0 atom stereocenters. The third-order valence-electron chi connectivity index (χ3n) is 2.44. The van der Waals surface area contributed by atoms with E-state index in [1.807, 2.05) is 13.8 Å². The first-order chi connectivity index (χ1) is 8.08. The maximum Gasteiger partial charge on any atom is 0.132 e. The third-order valence-corrected chi connectivity index (χ3v) is 2.44. The highest BCUT2D eigenvalue weighted by Gasteiger charge is 1.94. The van der Waals surface area contributed by atoms with E-state index in [-0.39, 0.29) is 0 Å². The second-order valence-electron chi connectivity index (χ2n) is 4.55. The molecule has 0 rings (SSSR count). The van der Waals surface area contributed by atoms with E-state index in [9.17, 15) is 9.59 Å². The third kappa shape index (κ3) is 21.2. The Morgan fingerprint density at radius 1 is 0.706 bits per heavy atom. The Hall–Kier alpha value is -0.660. The van der Waals surface area contributed by atoms with E-state index in [2.05, 4.69) is 6.92 Å². The van der Waals surface area contributed by atoms with Crippen molar-refractivity contribution in [2.24, 2.45) is 0 Å². The average molecular weight is 242 g/mol. The minimum absolute atomic E-state index is 0.325. The van der Waals surface area contributed by atoms with Gasteiger partial charge in [0.2, 0.25) is 0 Å². The highest BCUT2D eigenvalue weighted by atomic mass is 16.1. The second-order valence-corrected chi connectivity index (χ2v) is 4.55. The summed E-state index contributed by atoms with van der Waals surface area (Å²) in [5.41, 5.74) is 0. The average Bonchev–Trinajstić information content (AvgIpc) is 2.26. The predicted octanol–water partition coefficient (Wildman–Crippen LogP) is 4.70. The molecule has 0 saturated heterocycles. The van der Waals surface area contributed by atoms with Gasteiger partial charge in [-0.2, -0.15) is 0 Å². The van der Waals surface area contributed by atoms with Gasteiger partial charge in [-0.25, -0.2) is 0 Å². The molecular formula is C15H30O2. The van der Waals surface area contributed by atoms with Crippen LogP contribution in [-0.4, -0.2) is 11.6 Å². The van der Waals surface area contributed by atoms with Crippen LogP contribution in [0.1, 0.15) is 85.5 Å². The molecule has 0 unspecified atom stereocenters. The fourth-order valence-electron chi connectivity index (χ4n) is 1.48. The summed E-state index contributed by atoms with van der Waals surface area (Å²) in [7, 11) is 0. The van der Waals surface area contributed by atoms with Crippen molar-refractivity contribution in [2.45, 2.75) is 85.5 Å². The van der Waals surface area contributed by atoms with Crippen LogP contribution in [0, 0.1) is 0 Å². The molecule has 0 aromatic heterocycles. The molecule has 0 amide bonds. The van der Waals surface area contributed by atoms with Crippen LogP contribution in [0.3, 0.4) is 0 Å². The van der Waals surface area contributed by atoms with Gasteiger partial charge in [0.1, 0.15) is 11.6 Å². The topological polar surface area (TPSA) is 34.1 Å². The maximum absolute atomic E-state index is 10.6. The number of ketones is 2. The summed E-state index contributed by atoms with van der Waals surface area (Å²) in [4.78, 5) is 21.0. The van der Waals surface area contributed by atoms with Crippen LogP contribution < -0.4 is 0 Å². The van der Waals surface area contributed by atoms with Crippen LogP contribution in [0.5, 0.6) is 0 Å². The first-order valence-electron chi connectivity index (χ1n) is 7.09. The number of rotatable bonds is 9. The van der Waals surface area contributed by atoms with Gasteiger partial charge in [-0.1, -0.05) is 40.0 Å². The molecule has 0 spiro atoms. The Balaban J connectivity index is 0. The van der Waals surface area contributed by atoms with Crippen molar-refractivity contribution in [3.05, 3.63) is 0 Å². The van der Waals surface area contributed by atoms with Crippen molar-refractivity contribution < 1.29 is 9.59 Å². The molecule has 0 fully saturated rings. The maximum atomic E-state index is 10.6. The summed E-state index contributed by atoms with van der Waals surface area (Å²) < 4.78 is 0. The van der Waals surface area contributed by atoms with Crippen molar-refractivity contribution in [3.63, 3.8) is 0 Å². The summed E-state index contributed by atoms with van der Waals surface area (Å²) in [5.74, 6) is 0.737. The van der Waals surface area contributed by atoms with Gasteiger partial charge < -0.3 is 4.79 Å². The summed E-state index contributed by atoms with van der Waals surface area (Å²) in [6.45, 7) is 7.90. The zero-order valence-electron chi connectivity index (χ0n) is 12.2. The lowest BCUT2D eigenvalue weighted by molar-refractivity contribution is -0.119. The van der Waals surface area contributed by atoms with Crippen LogP contribution >= 0.6 is 0 Å². The number of hydrogen-bond donors (Lipinski definition) is 0. The predicted molar refractivity (Wildman–Crippen MR) is 74.3 cm³/mol. The van der Waals surface area contributed by atoms with Gasteiger partial charge in [0, 0.05) is 19.3 Å². The van der Waals surface area contributed by atoms with Gasteiger partial charge >= 0.3 is 0 Å². The lowest BCUT2D eigenvalue weighted by atomic mass is 10.1. The van der Waals surface area contributed by atoms with Crippen LogP contribution in [-0.2, 0) is 9.59 Å². The Morgan fingerprint density at radius 3 is 1.59 bits per heavy atom. The fraction of sp³-hybridized carbons (Fsp3) is 0.867. The minimum atomic E-state index is 0.325. The molecule has 0 bridgehead atoms. The Kier molecular flexibility index (Phi) is 16.9. The summed E-state index contributed by atoms with van der Waals surface area (Å²) >= 11 is 0. The molecule has 0 aliphatic carbocycles. The van der Waals surface area contributed by atoms with Crippen LogP contribution in [0.15, 0.2) is 0 Å². The van der Waals surface area contributed by atoms with Crippen molar-refractivity contribution in [1.29, 1.82) is 0 Å². The van der Waals surface area contributed by atoms with E-state index >= 15 is 0 Å². The molecule has 0 saturated carbocycles. The lowest BCUT2D eigenvalue weighted by Crippen LogP contribution is -1.93. The molecule has 0 aromatic rings. The molecular weight excluding hydrogens is 212 g/mol. The van der Waals surface area contributed by atoms with E-state index in [1.165, 1.54) is 19.3 Å². The van der Waals surface area contributed by atoms with E-state index in [4.69, 9.17) is 0 Å². The van der Waals surface area contributed by atoms with E-state index in [1.54, 1.807) is 6.92 Å². The largest absolute Gasteiger partial charge is 0.300 e. The highest BCUT2D eigenvalue weighted by Crippen LogP contribution is 2.01. The Bertz CT molecular complexity index is 177. The summed E-state index contributed by atoms with van der Waals surface area (Å²) in [5, 5.41) is 0. The van der Waals surface area contributed by atoms with Gasteiger partial charge in [-0.05, 0) is 26.2 Å². The summed E-state index contributed by atoms with van der Waals surface area (Å²) in [6.07, 6.45) is 9.14. The minimum Gasteiger partial charge on any atom is -0.300 e. The van der Waals surface area contributed by atoms with E-state index in [0.29, 0.717) is 11.6 Å². The quantitative estimate of drug-likeness (QED) is 0.549. The second kappa shape index (κ2) is 15.3. The standard InChI is InChI=1S/C8H16O.C7H14O/c1-3-4-5-6-7-8(2)9;1-3-5-7(8)6-4-2/h3-7H2,1-2H3;3-6H2,1-2H3. The zero-order valence-corrected chi connectivity index (χ0v) is 12.2. The normalized spacial score (nSPS) is 9.41. The van der Waals surface area contributed by atoms with Crippen molar-refractivity contribution in [2.75, 3.05) is 0 Å². The van der Waals surface area contributed by atoms with Gasteiger partial charge in [0.05, 0.1) is 0 Å². The van der Waals surface area contributed by atoms with Crippen LogP contribution in [0.2, 0.25) is 0 Å². The molecule has 0 heterocycles. The molecule has 0 radical (unpaired) electrons. The van der Waals surface area contributed by atoms with Crippen LogP contribution in [0.25, 0.3) is 0 Å². The smallest absolute Gasteiger partial charge is 0.132 e. The Labute approximate surface area is 107 Å². The lowest BCUT2D eigenvalue weighted by Gasteiger charge is -1.93. The van der Waals surface area contributed by atoms with Gasteiger partial charge in [0.15, 0.2) is 0 Å². The van der Waals surface area contributed by atoms with Crippen LogP contribution in [0.4, 0.5) is 0 Å². The monoisotopic (exact) mass is 242 g/mol. The molecule has 2 heteroatoms. The first kappa shape index (κ1) is 18.7. The molecule has 17 heavy (non-hydrogen) atoms. The molecule has 0 aliphatic rings.